The fraction of sp³-hybridized carbons (Fsp3) is 0.304. The van der Waals surface area contributed by atoms with Crippen molar-refractivity contribution < 1.29 is 14.0 Å². The van der Waals surface area contributed by atoms with Gasteiger partial charge in [0.1, 0.15) is 11.5 Å². The van der Waals surface area contributed by atoms with E-state index >= 15 is 0 Å². The summed E-state index contributed by atoms with van der Waals surface area (Å²) in [6, 6.07) is 13.6. The van der Waals surface area contributed by atoms with Crippen molar-refractivity contribution in [3.05, 3.63) is 76.7 Å². The molecule has 0 saturated carbocycles. The van der Waals surface area contributed by atoms with Crippen LogP contribution in [0.15, 0.2) is 54.2 Å². The summed E-state index contributed by atoms with van der Waals surface area (Å²) in [4.78, 5) is 32.2. The van der Waals surface area contributed by atoms with Gasteiger partial charge in [-0.2, -0.15) is 0 Å². The summed E-state index contributed by atoms with van der Waals surface area (Å²) < 4.78 is 13.2. The average molecular weight is 393 g/mol. The summed E-state index contributed by atoms with van der Waals surface area (Å²) in [6.07, 6.45) is 0. The summed E-state index contributed by atoms with van der Waals surface area (Å²) in [5.41, 5.74) is 3.51. The summed E-state index contributed by atoms with van der Waals surface area (Å²) in [7, 11) is 2.05. The van der Waals surface area contributed by atoms with E-state index in [-0.39, 0.29) is 24.2 Å². The number of halogens is 1. The van der Waals surface area contributed by atoms with Gasteiger partial charge in [0.05, 0.1) is 12.1 Å². The molecule has 5 nitrogen and oxygen atoms in total. The zero-order valence-electron chi connectivity index (χ0n) is 16.7. The molecule has 0 spiro atoms. The van der Waals surface area contributed by atoms with E-state index in [1.54, 1.807) is 12.1 Å². The molecule has 6 heteroatoms. The van der Waals surface area contributed by atoms with Crippen LogP contribution in [0.1, 0.15) is 16.7 Å². The van der Waals surface area contributed by atoms with E-state index < -0.39 is 0 Å². The molecule has 0 radical (unpaired) electrons. The van der Waals surface area contributed by atoms with Gasteiger partial charge in [-0.3, -0.25) is 14.5 Å². The number of rotatable bonds is 4. The van der Waals surface area contributed by atoms with Crippen molar-refractivity contribution in [1.29, 1.82) is 0 Å². The highest BCUT2D eigenvalue weighted by Crippen LogP contribution is 2.33. The molecule has 2 aliphatic heterocycles. The summed E-state index contributed by atoms with van der Waals surface area (Å²) >= 11 is 0. The van der Waals surface area contributed by atoms with E-state index in [0.717, 1.165) is 29.8 Å². The van der Waals surface area contributed by atoms with Crippen molar-refractivity contribution in [3.8, 4) is 0 Å². The van der Waals surface area contributed by atoms with E-state index in [4.69, 9.17) is 0 Å². The first kappa shape index (κ1) is 19.3. The number of aryl methyl sites for hydroxylation is 1. The lowest BCUT2D eigenvalue weighted by molar-refractivity contribution is -0.138. The van der Waals surface area contributed by atoms with Gasteiger partial charge >= 0.3 is 0 Å². The summed E-state index contributed by atoms with van der Waals surface area (Å²) in [6.45, 7) is 5.19. The van der Waals surface area contributed by atoms with Crippen LogP contribution in [-0.2, 0) is 16.1 Å². The zero-order chi connectivity index (χ0) is 20.5. The molecular weight excluding hydrogens is 369 g/mol. The first-order chi connectivity index (χ1) is 13.9. The Hall–Kier alpha value is -2.99. The van der Waals surface area contributed by atoms with Crippen LogP contribution in [0.2, 0.25) is 0 Å². The van der Waals surface area contributed by atoms with Crippen LogP contribution in [-0.4, -0.2) is 59.7 Å². The van der Waals surface area contributed by atoms with Crippen LogP contribution in [0, 0.1) is 12.7 Å². The number of likely N-dealkylation sites (N-methyl/N-ethyl adjacent to an activating group) is 1. The highest BCUT2D eigenvalue weighted by atomic mass is 19.1. The Morgan fingerprint density at radius 1 is 0.862 bits per heavy atom. The third-order valence-corrected chi connectivity index (χ3v) is 5.56. The molecule has 0 bridgehead atoms. The molecular formula is C23H24FN3O2. The standard InChI is InChI=1S/C23H24FN3O2/c1-16-3-7-18(8-4-16)20-21(26-13-11-25(2)12-14-26)23(29)27(22(20)28)15-17-5-9-19(24)10-6-17/h3-10H,11-15H2,1-2H3. The van der Waals surface area contributed by atoms with Crippen molar-refractivity contribution in [2.75, 3.05) is 33.2 Å². The van der Waals surface area contributed by atoms with E-state index in [1.165, 1.54) is 17.0 Å². The van der Waals surface area contributed by atoms with Gasteiger partial charge in [0.25, 0.3) is 11.8 Å². The molecule has 0 aliphatic carbocycles. The Bertz CT molecular complexity index is 959. The van der Waals surface area contributed by atoms with Gasteiger partial charge in [0, 0.05) is 26.2 Å². The number of nitrogens with zero attached hydrogens (tertiary/aromatic N) is 3. The average Bonchev–Trinajstić information content (AvgIpc) is 2.96. The second-order valence-corrected chi connectivity index (χ2v) is 7.70. The third-order valence-electron chi connectivity index (χ3n) is 5.56. The number of carbonyl (C=O) groups excluding carboxylic acids is 2. The maximum atomic E-state index is 13.3. The van der Waals surface area contributed by atoms with Gasteiger partial charge in [0.15, 0.2) is 0 Å². The van der Waals surface area contributed by atoms with Crippen molar-refractivity contribution in [2.45, 2.75) is 13.5 Å². The fourth-order valence-corrected chi connectivity index (χ4v) is 3.78. The van der Waals surface area contributed by atoms with Crippen LogP contribution < -0.4 is 0 Å². The molecule has 4 rings (SSSR count). The minimum atomic E-state index is -0.343. The lowest BCUT2D eigenvalue weighted by atomic mass is 10.0. The molecule has 2 amide bonds. The molecule has 2 heterocycles. The van der Waals surface area contributed by atoms with Crippen molar-refractivity contribution in [3.63, 3.8) is 0 Å². The molecule has 2 aliphatic rings. The minimum absolute atomic E-state index is 0.130. The lowest BCUT2D eigenvalue weighted by Crippen LogP contribution is -2.46. The Balaban J connectivity index is 1.71. The second kappa shape index (κ2) is 7.79. The first-order valence-corrected chi connectivity index (χ1v) is 9.79. The van der Waals surface area contributed by atoms with Gasteiger partial charge in [-0.1, -0.05) is 42.0 Å². The van der Waals surface area contributed by atoms with Crippen molar-refractivity contribution in [2.24, 2.45) is 0 Å². The molecule has 0 N–H and O–H groups in total. The van der Waals surface area contributed by atoms with Crippen LogP contribution in [0.4, 0.5) is 4.39 Å². The minimum Gasteiger partial charge on any atom is -0.364 e. The maximum absolute atomic E-state index is 13.3. The normalized spacial score (nSPS) is 18.2. The van der Waals surface area contributed by atoms with Gasteiger partial charge in [-0.25, -0.2) is 4.39 Å². The molecule has 1 fully saturated rings. The van der Waals surface area contributed by atoms with Gasteiger partial charge in [-0.05, 0) is 37.2 Å². The van der Waals surface area contributed by atoms with E-state index in [1.807, 2.05) is 36.1 Å². The molecule has 1 saturated heterocycles. The highest BCUT2D eigenvalue weighted by molar-refractivity contribution is 6.35. The quantitative estimate of drug-likeness (QED) is 0.750. The van der Waals surface area contributed by atoms with Gasteiger partial charge < -0.3 is 9.80 Å². The second-order valence-electron chi connectivity index (χ2n) is 7.70. The van der Waals surface area contributed by atoms with E-state index in [2.05, 4.69) is 11.9 Å². The fourth-order valence-electron chi connectivity index (χ4n) is 3.78. The van der Waals surface area contributed by atoms with Crippen LogP contribution in [0.5, 0.6) is 0 Å². The maximum Gasteiger partial charge on any atom is 0.278 e. The Morgan fingerprint density at radius 2 is 1.48 bits per heavy atom. The Morgan fingerprint density at radius 3 is 2.10 bits per heavy atom. The summed E-state index contributed by atoms with van der Waals surface area (Å²) in [5.74, 6) is -0.916. The number of amides is 2. The molecule has 2 aromatic carbocycles. The number of piperazine rings is 1. The third kappa shape index (κ3) is 3.80. The predicted octanol–water partition coefficient (Wildman–Crippen LogP) is 2.66. The Labute approximate surface area is 170 Å². The topological polar surface area (TPSA) is 43.9 Å². The largest absolute Gasteiger partial charge is 0.364 e. The highest BCUT2D eigenvalue weighted by Gasteiger charge is 2.41. The number of benzene rings is 2. The Kier molecular flexibility index (Phi) is 5.20. The van der Waals surface area contributed by atoms with Gasteiger partial charge in [-0.15, -0.1) is 0 Å². The number of carbonyl (C=O) groups is 2. The van der Waals surface area contributed by atoms with Crippen LogP contribution in [0.25, 0.3) is 5.57 Å². The molecule has 2 aromatic rings. The van der Waals surface area contributed by atoms with E-state index in [0.29, 0.717) is 24.4 Å². The predicted molar refractivity (Wildman–Crippen MR) is 109 cm³/mol. The monoisotopic (exact) mass is 393 g/mol. The zero-order valence-corrected chi connectivity index (χ0v) is 16.7. The van der Waals surface area contributed by atoms with Crippen molar-refractivity contribution >= 4 is 17.4 Å². The molecule has 0 unspecified atom stereocenters. The van der Waals surface area contributed by atoms with Crippen LogP contribution >= 0.6 is 0 Å². The van der Waals surface area contributed by atoms with Gasteiger partial charge in [0.2, 0.25) is 0 Å². The van der Waals surface area contributed by atoms with E-state index in [9.17, 15) is 14.0 Å². The number of hydrogen-bond acceptors (Lipinski definition) is 4. The molecule has 0 aromatic heterocycles. The summed E-state index contributed by atoms with van der Waals surface area (Å²) in [5, 5.41) is 0. The molecule has 150 valence electrons. The van der Waals surface area contributed by atoms with Crippen LogP contribution in [0.3, 0.4) is 0 Å². The smallest absolute Gasteiger partial charge is 0.278 e. The first-order valence-electron chi connectivity index (χ1n) is 9.79. The lowest BCUT2D eigenvalue weighted by Gasteiger charge is -2.34. The molecule has 29 heavy (non-hydrogen) atoms. The number of imide groups is 1. The van der Waals surface area contributed by atoms with Crippen molar-refractivity contribution in [1.82, 2.24) is 14.7 Å². The molecule has 0 atom stereocenters. The SMILES string of the molecule is Cc1ccc(C2=C(N3CCN(C)CC3)C(=O)N(Cc3ccc(F)cc3)C2=O)cc1. The number of hydrogen-bond donors (Lipinski definition) is 0.